The van der Waals surface area contributed by atoms with Crippen molar-refractivity contribution in [2.45, 2.75) is 52.4 Å². The van der Waals surface area contributed by atoms with Gasteiger partial charge in [-0.2, -0.15) is 0 Å². The van der Waals surface area contributed by atoms with Crippen LogP contribution in [0.15, 0.2) is 0 Å². The van der Waals surface area contributed by atoms with Crippen LogP contribution in [0.5, 0.6) is 0 Å². The molecule has 1 aliphatic rings. The van der Waals surface area contributed by atoms with Crippen LogP contribution in [0.4, 0.5) is 0 Å². The van der Waals surface area contributed by atoms with E-state index in [-0.39, 0.29) is 0 Å². The van der Waals surface area contributed by atoms with E-state index in [1.165, 1.54) is 25.7 Å². The quantitative estimate of drug-likeness (QED) is 0.465. The van der Waals surface area contributed by atoms with Crippen LogP contribution < -0.4 is 0 Å². The van der Waals surface area contributed by atoms with Crippen molar-refractivity contribution in [3.63, 3.8) is 0 Å². The van der Waals surface area contributed by atoms with E-state index >= 15 is 0 Å². The molecule has 1 rings (SSSR count). The van der Waals surface area contributed by atoms with Gasteiger partial charge in [-0.1, -0.05) is 20.3 Å². The van der Waals surface area contributed by atoms with Crippen molar-refractivity contribution >= 4 is 6.29 Å². The largest absolute Gasteiger partial charge is 0.303 e. The second-order valence-corrected chi connectivity index (χ2v) is 4.87. The molecule has 1 nitrogen and oxygen atoms in total. The number of aldehydes is 1. The van der Waals surface area contributed by atoms with Gasteiger partial charge in [0.15, 0.2) is 0 Å². The maximum Gasteiger partial charge on any atom is 0.119 e. The van der Waals surface area contributed by atoms with Gasteiger partial charge >= 0.3 is 0 Å². The van der Waals surface area contributed by atoms with Gasteiger partial charge in [0.2, 0.25) is 0 Å². The summed E-state index contributed by atoms with van der Waals surface area (Å²) in [5.41, 5.74) is 0.575. The van der Waals surface area contributed by atoms with Gasteiger partial charge in [-0.25, -0.2) is 0 Å². The van der Waals surface area contributed by atoms with Gasteiger partial charge < -0.3 is 4.79 Å². The molecule has 0 aliphatic heterocycles. The summed E-state index contributed by atoms with van der Waals surface area (Å²) in [4.78, 5) is 10.1. The number of unbranched alkanes of at least 4 members (excludes halogenated alkanes) is 1. The van der Waals surface area contributed by atoms with Gasteiger partial charge in [-0.3, -0.25) is 0 Å². The molecule has 1 unspecified atom stereocenters. The third kappa shape index (κ3) is 2.96. The Morgan fingerprint density at radius 3 is 2.75 bits per heavy atom. The topological polar surface area (TPSA) is 17.1 Å². The minimum Gasteiger partial charge on any atom is -0.303 e. The molecule has 0 heterocycles. The Labute approximate surface area is 75.5 Å². The van der Waals surface area contributed by atoms with Crippen molar-refractivity contribution in [3.05, 3.63) is 0 Å². The molecule has 0 aromatic carbocycles. The summed E-state index contributed by atoms with van der Waals surface area (Å²) in [6.45, 7) is 4.71. The Morgan fingerprint density at radius 1 is 1.50 bits per heavy atom. The molecule has 1 atom stereocenters. The predicted octanol–water partition coefficient (Wildman–Crippen LogP) is 3.18. The first kappa shape index (κ1) is 9.76. The van der Waals surface area contributed by atoms with Crippen molar-refractivity contribution < 1.29 is 4.79 Å². The third-order valence-electron chi connectivity index (χ3n) is 3.00. The summed E-state index contributed by atoms with van der Waals surface area (Å²) in [5.74, 6) is 0.903. The zero-order valence-corrected chi connectivity index (χ0v) is 8.31. The monoisotopic (exact) mass is 168 g/mol. The van der Waals surface area contributed by atoms with E-state index in [0.29, 0.717) is 5.41 Å². The minimum atomic E-state index is 0.575. The summed E-state index contributed by atoms with van der Waals surface area (Å²) in [5, 5.41) is 0. The summed E-state index contributed by atoms with van der Waals surface area (Å²) in [7, 11) is 0. The molecular weight excluding hydrogens is 148 g/mol. The van der Waals surface area contributed by atoms with E-state index in [4.69, 9.17) is 0 Å². The lowest BCUT2D eigenvalue weighted by molar-refractivity contribution is -0.107. The number of carbonyl (C=O) groups is 1. The number of carbonyl (C=O) groups excluding carboxylic acids is 1. The molecule has 0 radical (unpaired) electrons. The second-order valence-electron chi connectivity index (χ2n) is 4.87. The summed E-state index contributed by atoms with van der Waals surface area (Å²) >= 11 is 0. The van der Waals surface area contributed by atoms with E-state index in [0.717, 1.165) is 25.0 Å². The molecule has 0 bridgehead atoms. The zero-order valence-electron chi connectivity index (χ0n) is 8.31. The van der Waals surface area contributed by atoms with Gasteiger partial charge in [-0.15, -0.1) is 0 Å². The maximum atomic E-state index is 10.1. The third-order valence-corrected chi connectivity index (χ3v) is 3.00. The number of hydrogen-bond acceptors (Lipinski definition) is 1. The zero-order chi connectivity index (χ0) is 9.03. The molecule has 0 aromatic rings. The molecule has 0 amide bonds. The van der Waals surface area contributed by atoms with Crippen LogP contribution in [0.25, 0.3) is 0 Å². The maximum absolute atomic E-state index is 10.1. The van der Waals surface area contributed by atoms with Crippen LogP contribution in [0.3, 0.4) is 0 Å². The van der Waals surface area contributed by atoms with Crippen LogP contribution in [-0.4, -0.2) is 6.29 Å². The molecule has 70 valence electrons. The highest BCUT2D eigenvalue weighted by atomic mass is 16.1. The molecule has 0 aromatic heterocycles. The highest BCUT2D eigenvalue weighted by Gasteiger charge is 2.29. The van der Waals surface area contributed by atoms with Gasteiger partial charge in [0, 0.05) is 6.42 Å². The van der Waals surface area contributed by atoms with Crippen LogP contribution in [0.1, 0.15) is 52.4 Å². The summed E-state index contributed by atoms with van der Waals surface area (Å²) in [6.07, 6.45) is 8.29. The lowest BCUT2D eigenvalue weighted by Crippen LogP contribution is -2.05. The first-order chi connectivity index (χ1) is 5.64. The molecule has 1 heteroatoms. The Balaban J connectivity index is 2.15. The van der Waals surface area contributed by atoms with Crippen LogP contribution in [0, 0.1) is 11.3 Å². The minimum absolute atomic E-state index is 0.575. The van der Waals surface area contributed by atoms with E-state index < -0.39 is 0 Å². The molecule has 12 heavy (non-hydrogen) atoms. The summed E-state index contributed by atoms with van der Waals surface area (Å²) in [6, 6.07) is 0. The van der Waals surface area contributed by atoms with Crippen molar-refractivity contribution in [2.75, 3.05) is 0 Å². The van der Waals surface area contributed by atoms with Gasteiger partial charge in [-0.05, 0) is 37.0 Å². The highest BCUT2D eigenvalue weighted by Crippen LogP contribution is 2.42. The van der Waals surface area contributed by atoms with Gasteiger partial charge in [0.05, 0.1) is 0 Å². The number of hydrogen-bond donors (Lipinski definition) is 0. The van der Waals surface area contributed by atoms with E-state index in [2.05, 4.69) is 13.8 Å². The van der Waals surface area contributed by atoms with Gasteiger partial charge in [0.25, 0.3) is 0 Å². The number of rotatable bonds is 4. The first-order valence-corrected chi connectivity index (χ1v) is 5.08. The smallest absolute Gasteiger partial charge is 0.119 e. The van der Waals surface area contributed by atoms with Crippen LogP contribution in [-0.2, 0) is 4.79 Å². The normalized spacial score (nSPS) is 27.3. The van der Waals surface area contributed by atoms with E-state index in [1.807, 2.05) is 0 Å². The van der Waals surface area contributed by atoms with Crippen molar-refractivity contribution in [1.82, 2.24) is 0 Å². The van der Waals surface area contributed by atoms with Crippen LogP contribution >= 0.6 is 0 Å². The summed E-state index contributed by atoms with van der Waals surface area (Å²) < 4.78 is 0. The van der Waals surface area contributed by atoms with Crippen molar-refractivity contribution in [3.8, 4) is 0 Å². The van der Waals surface area contributed by atoms with Crippen LogP contribution in [0.2, 0.25) is 0 Å². The Kier molecular flexibility index (Phi) is 3.30. The van der Waals surface area contributed by atoms with Crippen molar-refractivity contribution in [1.29, 1.82) is 0 Å². The Hall–Kier alpha value is -0.330. The molecule has 0 spiro atoms. The molecule has 0 saturated heterocycles. The first-order valence-electron chi connectivity index (χ1n) is 5.08. The molecule has 1 saturated carbocycles. The second kappa shape index (κ2) is 4.06. The lowest BCUT2D eigenvalue weighted by atomic mass is 9.89. The predicted molar refractivity (Wildman–Crippen MR) is 51.0 cm³/mol. The molecular formula is C11H20O. The fourth-order valence-corrected chi connectivity index (χ4v) is 2.32. The average Bonchev–Trinajstić information content (AvgIpc) is 2.31. The Morgan fingerprint density at radius 2 is 2.25 bits per heavy atom. The SMILES string of the molecule is CC1(C)CCC(CCCC=O)C1. The van der Waals surface area contributed by atoms with E-state index in [9.17, 15) is 4.79 Å². The average molecular weight is 168 g/mol. The fraction of sp³-hybridized carbons (Fsp3) is 0.909. The van der Waals surface area contributed by atoms with E-state index in [1.54, 1.807) is 0 Å². The molecule has 1 aliphatic carbocycles. The fourth-order valence-electron chi connectivity index (χ4n) is 2.32. The lowest BCUT2D eigenvalue weighted by Gasteiger charge is -2.16. The van der Waals surface area contributed by atoms with Gasteiger partial charge in [0.1, 0.15) is 6.29 Å². The Bertz CT molecular complexity index is 149. The standard InChI is InChI=1S/C11H20O/c1-11(2)7-6-10(9-11)5-3-4-8-12/h8,10H,3-7,9H2,1-2H3. The molecule has 1 fully saturated rings. The molecule has 0 N–H and O–H groups in total. The highest BCUT2D eigenvalue weighted by molar-refractivity contribution is 5.48. The van der Waals surface area contributed by atoms with Crippen molar-refractivity contribution in [2.24, 2.45) is 11.3 Å².